The van der Waals surface area contributed by atoms with E-state index in [0.717, 1.165) is 47.6 Å². The van der Waals surface area contributed by atoms with Gasteiger partial charge in [0.05, 0.1) is 12.1 Å². The molecule has 2 aromatic carbocycles. The number of ketones is 2. The Morgan fingerprint density at radius 3 is 2.09 bits per heavy atom. The number of carbonyl (C=O) groups is 10. The molecule has 3 aliphatic rings. The summed E-state index contributed by atoms with van der Waals surface area (Å²) in [5, 5.41) is 4.72. The van der Waals surface area contributed by atoms with Gasteiger partial charge < -0.3 is 39.9 Å². The average molecular weight is 1300 g/mol. The number of piperidine rings is 1. The predicted molar refractivity (Wildman–Crippen MR) is 341 cm³/mol. The summed E-state index contributed by atoms with van der Waals surface area (Å²) in [4.78, 5) is 171. The number of hydrogen-bond acceptors (Lipinski definition) is 17. The first kappa shape index (κ1) is 73.0. The summed E-state index contributed by atoms with van der Waals surface area (Å²) in [6.07, 6.45) is 5.95. The number of likely N-dealkylation sites (N-methyl/N-ethyl adjacent to an activating group) is 2. The van der Waals surface area contributed by atoms with Gasteiger partial charge in [0.25, 0.3) is 17.7 Å². The normalized spacial score (nSPS) is 17.8. The summed E-state index contributed by atoms with van der Waals surface area (Å²) in [6, 6.07) is 11.5. The minimum Gasteiger partial charge on any atom is -0.455 e. The zero-order valence-corrected chi connectivity index (χ0v) is 55.4. The topological polar surface area (TPSA) is 317 Å². The van der Waals surface area contributed by atoms with Gasteiger partial charge in [0.2, 0.25) is 23.6 Å². The zero-order chi connectivity index (χ0) is 66.7. The smallest absolute Gasteiger partial charge is 0.455 e. The molecule has 6 rings (SSSR count). The number of rotatable bonds is 34. The maximum absolute atomic E-state index is 15.1. The standard InChI is InChI=1S/C65H92N9O15PS/c1-9-43(4)49(39-56(77)52-21-14-16-30-69(52)6)63(82)70(7)53(42(2)3)40-57(88-44(5)75)62-68-51(41-91-62)64(83)71(8)54(37-46-23-25-48(26-24-46)89-90(85,86)87)55(76)38-47(20-13-15-29-66)61(81)67-50(36-45-18-11-10-12-19-45)65(84)73-34-32-72(33-35-73)58(78)22-17-31-74-59(79)27-28-60(74)80/h10-12,18-19,23-28,41-43,47,49-50,52-54,57H,9,13-17,20-22,29-40,66H2,1-8H3,(H,67,81)(H2,85,86,87)/t43-,47-,49?,50-,52?,53+,54-,57+/m0/s1. The maximum atomic E-state index is 15.1. The Bertz CT molecular complexity index is 3080. The van der Waals surface area contributed by atoms with Gasteiger partial charge in [0.15, 0.2) is 17.7 Å². The largest absolute Gasteiger partial charge is 0.524 e. The van der Waals surface area contributed by atoms with Gasteiger partial charge in [-0.1, -0.05) is 89.4 Å². The summed E-state index contributed by atoms with van der Waals surface area (Å²) in [5.74, 6) is -6.09. The number of ether oxygens (including phenoxy) is 1. The van der Waals surface area contributed by atoms with Crippen LogP contribution >= 0.6 is 19.2 Å². The van der Waals surface area contributed by atoms with Crippen LogP contribution in [-0.2, 0) is 65.3 Å². The van der Waals surface area contributed by atoms with Gasteiger partial charge in [-0.25, -0.2) is 9.55 Å². The first-order valence-corrected chi connectivity index (χ1v) is 34.0. The number of unbranched alkanes of at least 4 members (excludes halogenated alkanes) is 1. The number of thiazole rings is 1. The fourth-order valence-electron chi connectivity index (χ4n) is 12.1. The molecule has 0 spiro atoms. The summed E-state index contributed by atoms with van der Waals surface area (Å²) in [5.41, 5.74) is 7.03. The maximum Gasteiger partial charge on any atom is 0.524 e. The van der Waals surface area contributed by atoms with Crippen LogP contribution in [0, 0.1) is 23.7 Å². The Morgan fingerprint density at radius 1 is 0.835 bits per heavy atom. The molecule has 498 valence electrons. The molecule has 3 aliphatic heterocycles. The van der Waals surface area contributed by atoms with Gasteiger partial charge in [-0.2, -0.15) is 0 Å². The number of amides is 7. The predicted octanol–water partition coefficient (Wildman–Crippen LogP) is 5.69. The van der Waals surface area contributed by atoms with Crippen molar-refractivity contribution in [3.63, 3.8) is 0 Å². The fraction of sp³-hybridized carbons (Fsp3) is 0.585. The molecule has 0 saturated carbocycles. The molecule has 2 fully saturated rings. The zero-order valence-electron chi connectivity index (χ0n) is 53.7. The lowest BCUT2D eigenvalue weighted by molar-refractivity contribution is -0.149. The number of imide groups is 1. The van der Waals surface area contributed by atoms with Crippen molar-refractivity contribution in [2.75, 3.05) is 67.0 Å². The van der Waals surface area contributed by atoms with Crippen LogP contribution in [0.15, 0.2) is 72.1 Å². The van der Waals surface area contributed by atoms with Crippen molar-refractivity contribution in [3.05, 3.63) is 94.0 Å². The van der Waals surface area contributed by atoms with Crippen LogP contribution in [0.3, 0.4) is 0 Å². The van der Waals surface area contributed by atoms with Gasteiger partial charge in [-0.3, -0.25) is 67.5 Å². The molecule has 0 bridgehead atoms. The lowest BCUT2D eigenvalue weighted by atomic mass is 9.83. The van der Waals surface area contributed by atoms with E-state index < -0.39 is 91.6 Å². The molecule has 26 heteroatoms. The molecule has 4 heterocycles. The Hall–Kier alpha value is -7.02. The highest BCUT2D eigenvalue weighted by atomic mass is 32.1. The Morgan fingerprint density at radius 2 is 1.48 bits per heavy atom. The summed E-state index contributed by atoms with van der Waals surface area (Å²) in [7, 11) is 0.128. The molecule has 24 nitrogen and oxygen atoms in total. The molecule has 2 unspecified atom stereocenters. The average Bonchev–Trinajstić information content (AvgIpc) is 1.95. The summed E-state index contributed by atoms with van der Waals surface area (Å²) >= 11 is 1.06. The molecular formula is C65H92N9O15PS. The number of nitrogens with two attached hydrogens (primary N) is 1. The Labute approximate surface area is 537 Å². The van der Waals surface area contributed by atoms with Crippen molar-refractivity contribution in [3.8, 4) is 5.75 Å². The number of esters is 1. The molecule has 7 amide bonds. The van der Waals surface area contributed by atoms with Crippen molar-refractivity contribution in [2.24, 2.45) is 29.4 Å². The number of phosphoric ester groups is 1. The number of nitrogens with zero attached hydrogens (tertiary/aromatic N) is 7. The summed E-state index contributed by atoms with van der Waals surface area (Å²) < 4.78 is 22.4. The molecule has 0 aliphatic carbocycles. The van der Waals surface area contributed by atoms with Crippen molar-refractivity contribution in [1.29, 1.82) is 0 Å². The minimum atomic E-state index is -4.94. The quantitative estimate of drug-likeness (QED) is 0.0241. The first-order valence-electron chi connectivity index (χ1n) is 31.6. The number of carbonyl (C=O) groups excluding carboxylic acids is 10. The van der Waals surface area contributed by atoms with Crippen molar-refractivity contribution < 1.29 is 71.6 Å². The van der Waals surface area contributed by atoms with E-state index in [4.69, 9.17) is 20.0 Å². The third kappa shape index (κ3) is 21.3. The molecule has 0 radical (unpaired) electrons. The van der Waals surface area contributed by atoms with E-state index in [0.29, 0.717) is 31.4 Å². The second kappa shape index (κ2) is 34.6. The number of Topliss-reactive ketones (excluding diaryl/α,β-unsaturated/α-hetero) is 2. The van der Waals surface area contributed by atoms with Gasteiger partial charge in [0.1, 0.15) is 22.5 Å². The van der Waals surface area contributed by atoms with E-state index in [1.807, 2.05) is 65.1 Å². The van der Waals surface area contributed by atoms with Crippen LogP contribution in [0.2, 0.25) is 0 Å². The third-order valence-corrected chi connectivity index (χ3v) is 19.1. The second-order valence-electron chi connectivity index (χ2n) is 24.6. The van der Waals surface area contributed by atoms with E-state index in [-0.39, 0.29) is 130 Å². The van der Waals surface area contributed by atoms with Crippen LogP contribution in [0.5, 0.6) is 5.75 Å². The number of hydrogen-bond donors (Lipinski definition) is 4. The molecular weight excluding hydrogens is 1210 g/mol. The van der Waals surface area contributed by atoms with E-state index in [9.17, 15) is 57.5 Å². The number of piperazine rings is 1. The second-order valence-corrected chi connectivity index (χ2v) is 26.6. The lowest BCUT2D eigenvalue weighted by Gasteiger charge is -2.37. The van der Waals surface area contributed by atoms with Crippen LogP contribution in [-0.4, -0.2) is 194 Å². The van der Waals surface area contributed by atoms with E-state index in [1.54, 1.807) is 21.7 Å². The van der Waals surface area contributed by atoms with E-state index >= 15 is 4.79 Å². The SMILES string of the molecule is CC[C@H](C)C(CC(=O)C1CCCCN1C)C(=O)N(C)[C@H](C[C@@H](OC(C)=O)c1nc(C(=O)N(C)[C@@H](Cc2ccc(OP(=O)(O)O)cc2)C(=O)C[C@H](CCCCN)C(=O)N[C@@H](Cc2ccccc2)C(=O)N2CCN(C(=O)CCCN3C(=O)C=CC3=O)CC2)cs1)C(C)C. The highest BCUT2D eigenvalue weighted by Gasteiger charge is 2.40. The highest BCUT2D eigenvalue weighted by molar-refractivity contribution is 7.46. The van der Waals surface area contributed by atoms with Crippen molar-refractivity contribution in [1.82, 2.24) is 39.7 Å². The molecule has 91 heavy (non-hydrogen) atoms. The van der Waals surface area contributed by atoms with Gasteiger partial charge in [-0.15, -0.1) is 11.3 Å². The molecule has 8 atom stereocenters. The van der Waals surface area contributed by atoms with Crippen LogP contribution in [0.4, 0.5) is 0 Å². The van der Waals surface area contributed by atoms with Crippen LogP contribution in [0.25, 0.3) is 0 Å². The molecule has 2 saturated heterocycles. The lowest BCUT2D eigenvalue weighted by Crippen LogP contribution is -2.57. The number of phosphoric acid groups is 1. The van der Waals surface area contributed by atoms with Crippen LogP contribution < -0.4 is 15.6 Å². The van der Waals surface area contributed by atoms with Gasteiger partial charge in [-0.05, 0) is 93.8 Å². The Kier molecular flexibility index (Phi) is 27.8. The fourth-order valence-corrected chi connectivity index (χ4v) is 13.3. The third-order valence-electron chi connectivity index (χ3n) is 17.7. The molecule has 3 aromatic rings. The van der Waals surface area contributed by atoms with Gasteiger partial charge in [0, 0.05) is 121 Å². The van der Waals surface area contributed by atoms with Gasteiger partial charge >= 0.3 is 13.8 Å². The Balaban J connectivity index is 1.23. The number of benzene rings is 2. The number of nitrogens with one attached hydrogen (secondary N) is 1. The minimum absolute atomic E-state index is 0.0408. The number of likely N-dealkylation sites (tertiary alicyclic amines) is 1. The van der Waals surface area contributed by atoms with Crippen molar-refractivity contribution >= 4 is 78.0 Å². The number of aromatic nitrogens is 1. The van der Waals surface area contributed by atoms with Crippen LogP contribution in [0.1, 0.15) is 144 Å². The highest BCUT2D eigenvalue weighted by Crippen LogP contribution is 2.38. The first-order chi connectivity index (χ1) is 43.2. The van der Waals surface area contributed by atoms with Crippen molar-refractivity contribution in [2.45, 2.75) is 155 Å². The molecule has 1 aromatic heterocycles. The monoisotopic (exact) mass is 1300 g/mol. The van der Waals surface area contributed by atoms with E-state index in [2.05, 4.69) is 10.2 Å². The summed E-state index contributed by atoms with van der Waals surface area (Å²) in [6.45, 7) is 11.1. The van der Waals surface area contributed by atoms with E-state index in [1.165, 1.54) is 60.7 Å². The molecule has 5 N–H and O–H groups in total.